The minimum Gasteiger partial charge on any atom is -0.748 e. The molecule has 5 heteroatoms. The lowest BCUT2D eigenvalue weighted by Crippen LogP contribution is -2.25. The molecule has 0 aliphatic carbocycles. The van der Waals surface area contributed by atoms with E-state index in [0.717, 1.165) is 0 Å². The van der Waals surface area contributed by atoms with E-state index in [1.165, 1.54) is 13.8 Å². The molecule has 0 fully saturated rings. The van der Waals surface area contributed by atoms with Crippen LogP contribution in [0.25, 0.3) is 0 Å². The standard InChI is InChI=1S/C5H10O4S/c1-4(3-6)5(2)10(7,8)9/h3-5H,1-2H3,(H,7,8,9)/p-1. The van der Waals surface area contributed by atoms with Gasteiger partial charge in [-0.15, -0.1) is 0 Å². The molecule has 0 heterocycles. The fourth-order valence-corrected chi connectivity index (χ4v) is 0.963. The maximum absolute atomic E-state index is 10.2. The molecule has 0 saturated heterocycles. The molecule has 0 aromatic heterocycles. The van der Waals surface area contributed by atoms with Crippen molar-refractivity contribution in [2.45, 2.75) is 19.1 Å². The van der Waals surface area contributed by atoms with Crippen molar-refractivity contribution in [3.63, 3.8) is 0 Å². The fraction of sp³-hybridized carbons (Fsp3) is 0.800. The van der Waals surface area contributed by atoms with Gasteiger partial charge in [0, 0.05) is 5.92 Å². The number of hydrogen-bond donors (Lipinski definition) is 0. The summed E-state index contributed by atoms with van der Waals surface area (Å²) < 4.78 is 30.7. The zero-order chi connectivity index (χ0) is 8.36. The second-order valence-corrected chi connectivity index (χ2v) is 3.92. The van der Waals surface area contributed by atoms with Gasteiger partial charge in [-0.05, 0) is 6.92 Å². The monoisotopic (exact) mass is 165 g/mol. The van der Waals surface area contributed by atoms with E-state index in [0.29, 0.717) is 6.29 Å². The fourth-order valence-electron chi connectivity index (χ4n) is 0.374. The average Bonchev–Trinajstić information content (AvgIpc) is 1.83. The summed E-state index contributed by atoms with van der Waals surface area (Å²) in [5.41, 5.74) is 0. The van der Waals surface area contributed by atoms with Gasteiger partial charge in [0.2, 0.25) is 0 Å². The lowest BCUT2D eigenvalue weighted by Gasteiger charge is -2.17. The summed E-state index contributed by atoms with van der Waals surface area (Å²) in [4.78, 5) is 9.99. The Labute approximate surface area is 60.0 Å². The summed E-state index contributed by atoms with van der Waals surface area (Å²) in [5, 5.41) is -1.12. The Morgan fingerprint density at radius 3 is 1.90 bits per heavy atom. The second kappa shape index (κ2) is 3.12. The molecule has 0 N–H and O–H groups in total. The maximum atomic E-state index is 10.2. The van der Waals surface area contributed by atoms with Crippen LogP contribution in [0.1, 0.15) is 13.8 Å². The summed E-state index contributed by atoms with van der Waals surface area (Å²) >= 11 is 0. The Hall–Kier alpha value is -0.420. The molecule has 10 heavy (non-hydrogen) atoms. The van der Waals surface area contributed by atoms with E-state index in [1.807, 2.05) is 0 Å². The normalized spacial score (nSPS) is 17.9. The summed E-state index contributed by atoms with van der Waals surface area (Å²) in [7, 11) is -4.30. The second-order valence-electron chi connectivity index (χ2n) is 2.19. The first-order valence-electron chi connectivity index (χ1n) is 2.79. The van der Waals surface area contributed by atoms with Gasteiger partial charge in [-0.25, -0.2) is 8.42 Å². The van der Waals surface area contributed by atoms with Gasteiger partial charge in [0.15, 0.2) is 0 Å². The summed E-state index contributed by atoms with van der Waals surface area (Å²) in [5.74, 6) is -0.720. The molecule has 0 rings (SSSR count). The van der Waals surface area contributed by atoms with Crippen molar-refractivity contribution in [3.8, 4) is 0 Å². The highest BCUT2D eigenvalue weighted by Gasteiger charge is 2.16. The number of hydrogen-bond acceptors (Lipinski definition) is 4. The predicted octanol–water partition coefficient (Wildman–Crippen LogP) is -0.245. The van der Waals surface area contributed by atoms with Crippen LogP contribution in [-0.4, -0.2) is 24.5 Å². The van der Waals surface area contributed by atoms with E-state index >= 15 is 0 Å². The summed E-state index contributed by atoms with van der Waals surface area (Å²) in [6.45, 7) is 2.62. The zero-order valence-corrected chi connectivity index (χ0v) is 6.59. The molecule has 0 radical (unpaired) electrons. The molecule has 2 atom stereocenters. The first-order chi connectivity index (χ1) is 4.39. The van der Waals surface area contributed by atoms with Crippen LogP contribution in [-0.2, 0) is 14.9 Å². The van der Waals surface area contributed by atoms with Gasteiger partial charge in [0.05, 0.1) is 15.4 Å². The lowest BCUT2D eigenvalue weighted by molar-refractivity contribution is -0.110. The van der Waals surface area contributed by atoms with E-state index in [1.54, 1.807) is 0 Å². The molecule has 0 saturated carbocycles. The predicted molar refractivity (Wildman–Crippen MR) is 34.4 cm³/mol. The van der Waals surface area contributed by atoms with Crippen molar-refractivity contribution in [2.75, 3.05) is 0 Å². The van der Waals surface area contributed by atoms with Gasteiger partial charge < -0.3 is 9.35 Å². The molecule has 0 aromatic carbocycles. The highest BCUT2D eigenvalue weighted by atomic mass is 32.2. The third-order valence-electron chi connectivity index (χ3n) is 1.41. The van der Waals surface area contributed by atoms with Crippen LogP contribution < -0.4 is 0 Å². The minimum absolute atomic E-state index is 0.458. The Morgan fingerprint density at radius 2 is 1.80 bits per heavy atom. The van der Waals surface area contributed by atoms with E-state index in [-0.39, 0.29) is 0 Å². The van der Waals surface area contributed by atoms with Crippen molar-refractivity contribution in [3.05, 3.63) is 0 Å². The highest BCUT2D eigenvalue weighted by Crippen LogP contribution is 2.07. The van der Waals surface area contributed by atoms with Crippen molar-refractivity contribution >= 4 is 16.4 Å². The Morgan fingerprint density at radius 1 is 1.40 bits per heavy atom. The van der Waals surface area contributed by atoms with Crippen molar-refractivity contribution in [1.82, 2.24) is 0 Å². The van der Waals surface area contributed by atoms with Crippen LogP contribution in [0.2, 0.25) is 0 Å². The molecule has 0 aliphatic heterocycles. The molecule has 2 unspecified atom stereocenters. The average molecular weight is 165 g/mol. The summed E-state index contributed by atoms with van der Waals surface area (Å²) in [6.07, 6.45) is 0.458. The van der Waals surface area contributed by atoms with Gasteiger partial charge in [-0.1, -0.05) is 6.92 Å². The van der Waals surface area contributed by atoms with E-state index in [4.69, 9.17) is 0 Å². The number of aldehydes is 1. The third-order valence-corrected chi connectivity index (χ3v) is 2.75. The molecule has 0 aliphatic rings. The van der Waals surface area contributed by atoms with Crippen LogP contribution in [0.15, 0.2) is 0 Å². The molecule has 0 amide bonds. The van der Waals surface area contributed by atoms with Crippen LogP contribution >= 0.6 is 0 Å². The van der Waals surface area contributed by atoms with Crippen molar-refractivity contribution < 1.29 is 17.8 Å². The largest absolute Gasteiger partial charge is 0.748 e. The highest BCUT2D eigenvalue weighted by molar-refractivity contribution is 7.86. The van der Waals surface area contributed by atoms with Crippen molar-refractivity contribution in [2.24, 2.45) is 5.92 Å². The first kappa shape index (κ1) is 9.58. The molecule has 0 aromatic rings. The van der Waals surface area contributed by atoms with Crippen LogP contribution in [0, 0.1) is 5.92 Å². The van der Waals surface area contributed by atoms with Gasteiger partial charge >= 0.3 is 0 Å². The Balaban J connectivity index is 4.37. The van der Waals surface area contributed by atoms with Gasteiger partial charge in [-0.3, -0.25) is 0 Å². The first-order valence-corrected chi connectivity index (χ1v) is 4.26. The summed E-state index contributed by atoms with van der Waals surface area (Å²) in [6, 6.07) is 0. The maximum Gasteiger partial charge on any atom is 0.124 e. The lowest BCUT2D eigenvalue weighted by atomic mass is 10.1. The van der Waals surface area contributed by atoms with Gasteiger partial charge in [0.25, 0.3) is 0 Å². The van der Waals surface area contributed by atoms with Crippen LogP contribution in [0.5, 0.6) is 0 Å². The zero-order valence-electron chi connectivity index (χ0n) is 5.77. The molecule has 0 spiro atoms. The van der Waals surface area contributed by atoms with Gasteiger partial charge in [0.1, 0.15) is 6.29 Å². The number of carbonyl (C=O) groups is 1. The van der Waals surface area contributed by atoms with E-state index < -0.39 is 21.3 Å². The van der Waals surface area contributed by atoms with E-state index in [2.05, 4.69) is 0 Å². The SMILES string of the molecule is CC(C=O)C(C)S(=O)(=O)[O-]. The number of carbonyl (C=O) groups excluding carboxylic acids is 1. The van der Waals surface area contributed by atoms with Crippen molar-refractivity contribution in [1.29, 1.82) is 0 Å². The van der Waals surface area contributed by atoms with Crippen LogP contribution in [0.4, 0.5) is 0 Å². The quantitative estimate of drug-likeness (QED) is 0.427. The topological polar surface area (TPSA) is 74.3 Å². The molecule has 4 nitrogen and oxygen atoms in total. The van der Waals surface area contributed by atoms with Crippen LogP contribution in [0.3, 0.4) is 0 Å². The molecular weight excluding hydrogens is 156 g/mol. The Bertz CT molecular complexity index is 206. The smallest absolute Gasteiger partial charge is 0.124 e. The Kier molecular flexibility index (Phi) is 2.98. The van der Waals surface area contributed by atoms with E-state index in [9.17, 15) is 17.8 Å². The minimum atomic E-state index is -4.30. The molecule has 60 valence electrons. The molecule has 0 bridgehead atoms. The molecular formula is C5H9O4S-. The number of rotatable bonds is 3. The van der Waals surface area contributed by atoms with Gasteiger partial charge in [-0.2, -0.15) is 0 Å². The third kappa shape index (κ3) is 2.45.